The largest absolute Gasteiger partial charge is 1.00 e. The van der Waals surface area contributed by atoms with Gasteiger partial charge in [-0.1, -0.05) is 11.6 Å². The third-order valence-corrected chi connectivity index (χ3v) is 1.71. The van der Waals surface area contributed by atoms with Crippen LogP contribution < -0.4 is 34.7 Å². The van der Waals surface area contributed by atoms with Crippen LogP contribution in [0.25, 0.3) is 0 Å². The molecule has 0 aliphatic heterocycles. The van der Waals surface area contributed by atoms with Crippen molar-refractivity contribution in [3.63, 3.8) is 0 Å². The van der Waals surface area contributed by atoms with Crippen molar-refractivity contribution in [1.29, 1.82) is 0 Å². The van der Waals surface area contributed by atoms with Gasteiger partial charge in [-0.3, -0.25) is 4.79 Å². The minimum atomic E-state index is -0.593. The van der Waals surface area contributed by atoms with Gasteiger partial charge >= 0.3 is 29.6 Å². The van der Waals surface area contributed by atoms with Gasteiger partial charge in [0.05, 0.1) is 5.02 Å². The number of hydrogen-bond donors (Lipinski definition) is 0. The summed E-state index contributed by atoms with van der Waals surface area (Å²) in [5, 5.41) is 9.82. The monoisotopic (exact) mass is 222 g/mol. The molecule has 0 atom stereocenters. The first kappa shape index (κ1) is 13.7. The van der Waals surface area contributed by atoms with Gasteiger partial charge in [0.15, 0.2) is 5.78 Å². The minimum absolute atomic E-state index is 0. The summed E-state index contributed by atoms with van der Waals surface area (Å²) in [6, 6.07) is 3.52. The molecule has 0 bridgehead atoms. The number of carbonyl (C=O) groups is 1. The molecular weight excluding hydrogens is 218 g/mol. The van der Waals surface area contributed by atoms with Crippen molar-refractivity contribution >= 4 is 17.4 Å². The number of allylic oxidation sites excluding steroid dienone is 1. The van der Waals surface area contributed by atoms with E-state index >= 15 is 0 Å². The first-order chi connectivity index (χ1) is 6.15. The fourth-order valence-electron chi connectivity index (χ4n) is 0.807. The molecule has 1 aromatic rings. The molecular formula is C9H5ClFNaO2. The molecule has 0 saturated carbocycles. The molecule has 2 nitrogen and oxygen atoms in total. The summed E-state index contributed by atoms with van der Waals surface area (Å²) in [7, 11) is 0. The van der Waals surface area contributed by atoms with Crippen molar-refractivity contribution in [1.82, 2.24) is 0 Å². The van der Waals surface area contributed by atoms with E-state index in [1.165, 1.54) is 12.1 Å². The molecule has 68 valence electrons. The van der Waals surface area contributed by atoms with Crippen LogP contribution in [0.3, 0.4) is 0 Å². The molecule has 0 radical (unpaired) electrons. The van der Waals surface area contributed by atoms with E-state index in [4.69, 9.17) is 11.6 Å². The second kappa shape index (κ2) is 6.19. The van der Waals surface area contributed by atoms with Gasteiger partial charge in [-0.15, -0.1) is 6.26 Å². The first-order valence-corrected chi connectivity index (χ1v) is 3.81. The molecule has 0 N–H and O–H groups in total. The van der Waals surface area contributed by atoms with Crippen molar-refractivity contribution in [3.05, 3.63) is 46.9 Å². The van der Waals surface area contributed by atoms with Crippen molar-refractivity contribution in [2.45, 2.75) is 0 Å². The number of benzene rings is 1. The second-order valence-corrected chi connectivity index (χ2v) is 2.70. The Bertz CT molecular complexity index is 366. The summed E-state index contributed by atoms with van der Waals surface area (Å²) in [5.41, 5.74) is 0.193. The number of hydrogen-bond acceptors (Lipinski definition) is 2. The average molecular weight is 223 g/mol. The van der Waals surface area contributed by atoms with E-state index in [2.05, 4.69) is 0 Å². The van der Waals surface area contributed by atoms with Gasteiger partial charge in [-0.2, -0.15) is 0 Å². The smallest absolute Gasteiger partial charge is 0.878 e. The minimum Gasteiger partial charge on any atom is -0.878 e. The van der Waals surface area contributed by atoms with E-state index in [1.54, 1.807) is 0 Å². The van der Waals surface area contributed by atoms with Gasteiger partial charge in [0.25, 0.3) is 0 Å². The summed E-state index contributed by atoms with van der Waals surface area (Å²) < 4.78 is 12.6. The standard InChI is InChI=1S/C9H6ClFO2.Na/c10-7-5-6(1-2-8(7)11)9(13)3-4-12;/h1-5,12H;/q;+1/p-1. The molecule has 1 rings (SSSR count). The zero-order chi connectivity index (χ0) is 9.84. The first-order valence-electron chi connectivity index (χ1n) is 3.43. The number of halogens is 2. The Morgan fingerprint density at radius 2 is 2.14 bits per heavy atom. The Balaban J connectivity index is 0.00000169. The van der Waals surface area contributed by atoms with E-state index in [1.807, 2.05) is 0 Å². The van der Waals surface area contributed by atoms with Gasteiger partial charge in [0, 0.05) is 5.56 Å². The van der Waals surface area contributed by atoms with Crippen molar-refractivity contribution in [3.8, 4) is 0 Å². The van der Waals surface area contributed by atoms with E-state index in [0.717, 1.165) is 12.1 Å². The van der Waals surface area contributed by atoms with Crippen molar-refractivity contribution in [2.75, 3.05) is 0 Å². The van der Waals surface area contributed by atoms with Crippen LogP contribution in [-0.4, -0.2) is 5.78 Å². The molecule has 0 fully saturated rings. The van der Waals surface area contributed by atoms with Gasteiger partial charge in [0.2, 0.25) is 0 Å². The number of rotatable bonds is 2. The molecule has 5 heteroatoms. The predicted octanol–water partition coefficient (Wildman–Crippen LogP) is -1.46. The van der Waals surface area contributed by atoms with Gasteiger partial charge < -0.3 is 5.11 Å². The summed E-state index contributed by atoms with van der Waals surface area (Å²) in [5.74, 6) is -1.08. The van der Waals surface area contributed by atoms with Crippen LogP contribution in [0.1, 0.15) is 10.4 Å². The molecule has 0 amide bonds. The predicted molar refractivity (Wildman–Crippen MR) is 44.9 cm³/mol. The van der Waals surface area contributed by atoms with Crippen LogP contribution in [0.4, 0.5) is 4.39 Å². The maximum absolute atomic E-state index is 12.6. The summed E-state index contributed by atoms with van der Waals surface area (Å²) in [6.45, 7) is 0. The molecule has 0 spiro atoms. The Hall–Kier alpha value is -0.350. The zero-order valence-corrected chi connectivity index (χ0v) is 10.2. The van der Waals surface area contributed by atoms with Crippen LogP contribution in [0, 0.1) is 5.82 Å². The van der Waals surface area contributed by atoms with Crippen molar-refractivity contribution < 1.29 is 43.8 Å². The maximum Gasteiger partial charge on any atom is 1.00 e. The number of ketones is 1. The van der Waals surface area contributed by atoms with Gasteiger partial charge in [-0.25, -0.2) is 4.39 Å². The normalized spacial score (nSPS) is 9.86. The fraction of sp³-hybridized carbons (Fsp3) is 0. The molecule has 0 unspecified atom stereocenters. The average Bonchev–Trinajstić information content (AvgIpc) is 2.10. The van der Waals surface area contributed by atoms with Crippen molar-refractivity contribution in [2.24, 2.45) is 0 Å². The SMILES string of the molecule is O=C(C=C[O-])c1ccc(F)c(Cl)c1.[Na+]. The summed E-state index contributed by atoms with van der Waals surface area (Å²) in [4.78, 5) is 11.0. The van der Waals surface area contributed by atoms with E-state index in [-0.39, 0.29) is 40.1 Å². The molecule has 14 heavy (non-hydrogen) atoms. The summed E-state index contributed by atoms with van der Waals surface area (Å²) >= 11 is 5.43. The van der Waals surface area contributed by atoms with Crippen LogP contribution in [-0.2, 0) is 0 Å². The fourth-order valence-corrected chi connectivity index (χ4v) is 0.988. The topological polar surface area (TPSA) is 40.1 Å². The van der Waals surface area contributed by atoms with Crippen LogP contribution in [0.5, 0.6) is 0 Å². The number of carbonyl (C=O) groups excluding carboxylic acids is 1. The molecule has 1 aromatic carbocycles. The summed E-state index contributed by atoms with van der Waals surface area (Å²) in [6.07, 6.45) is 1.23. The molecule has 0 aliphatic rings. The zero-order valence-electron chi connectivity index (χ0n) is 7.46. The van der Waals surface area contributed by atoms with E-state index < -0.39 is 11.6 Å². The molecule has 0 saturated heterocycles. The third kappa shape index (κ3) is 3.42. The van der Waals surface area contributed by atoms with E-state index in [0.29, 0.717) is 6.26 Å². The second-order valence-electron chi connectivity index (χ2n) is 2.30. The van der Waals surface area contributed by atoms with Gasteiger partial charge in [0.1, 0.15) is 5.82 Å². The van der Waals surface area contributed by atoms with Crippen LogP contribution in [0.2, 0.25) is 5.02 Å². The molecule has 0 aliphatic carbocycles. The Kier molecular flexibility index (Phi) is 6.04. The quantitative estimate of drug-likeness (QED) is 0.266. The van der Waals surface area contributed by atoms with Crippen LogP contribution >= 0.6 is 11.6 Å². The van der Waals surface area contributed by atoms with E-state index in [9.17, 15) is 14.3 Å². The third-order valence-electron chi connectivity index (χ3n) is 1.42. The molecule has 0 heterocycles. The van der Waals surface area contributed by atoms with Crippen LogP contribution in [0.15, 0.2) is 30.5 Å². The Morgan fingerprint density at radius 3 is 2.64 bits per heavy atom. The Labute approximate surface area is 108 Å². The molecule has 0 aromatic heterocycles. The maximum atomic E-state index is 12.6. The Morgan fingerprint density at radius 1 is 1.50 bits per heavy atom. The van der Waals surface area contributed by atoms with Gasteiger partial charge in [-0.05, 0) is 24.3 Å².